The van der Waals surface area contributed by atoms with Gasteiger partial charge in [0.2, 0.25) is 16.8 Å². The van der Waals surface area contributed by atoms with Crippen LogP contribution in [0.1, 0.15) is 26.7 Å². The predicted molar refractivity (Wildman–Crippen MR) is 147 cm³/mol. The maximum atomic E-state index is 12.9. The van der Waals surface area contributed by atoms with Crippen LogP contribution in [0.15, 0.2) is 36.4 Å². The topological polar surface area (TPSA) is 124 Å². The molecule has 3 rings (SSSR count). The maximum absolute atomic E-state index is 12.9. The van der Waals surface area contributed by atoms with Crippen LogP contribution >= 0.6 is 11.3 Å². The molecule has 0 bridgehead atoms. The number of hydrogen-bond acceptors (Lipinski definition) is 9. The van der Waals surface area contributed by atoms with Gasteiger partial charge in [-0.15, -0.1) is 10.2 Å². The second-order valence-corrected chi connectivity index (χ2v) is 8.95. The molecule has 2 aromatic carbocycles. The van der Waals surface area contributed by atoms with Crippen molar-refractivity contribution in [3.63, 3.8) is 0 Å². The van der Waals surface area contributed by atoms with Crippen molar-refractivity contribution >= 4 is 34.1 Å². The molecule has 0 radical (unpaired) electrons. The van der Waals surface area contributed by atoms with E-state index < -0.39 is 0 Å². The molecule has 0 fully saturated rings. The average molecular weight is 544 g/mol. The molecule has 0 aliphatic heterocycles. The molecule has 0 atom stereocenters. The molecule has 1 aromatic heterocycles. The van der Waals surface area contributed by atoms with Crippen molar-refractivity contribution in [2.75, 3.05) is 51.7 Å². The summed E-state index contributed by atoms with van der Waals surface area (Å²) in [5.74, 6) is 1.76. The third-order valence-corrected chi connectivity index (χ3v) is 6.29. The number of nitrogens with zero attached hydrogens (tertiary/aromatic N) is 3. The first-order valence-corrected chi connectivity index (χ1v) is 13.0. The number of nitrogens with one attached hydrogen (secondary N) is 2. The lowest BCUT2D eigenvalue weighted by Gasteiger charge is -2.23. The standard InChI is InChI=1S/C26H33N5O6S/c1-6-13-31(26(33)27-18-10-8-9-11-19(18)37-7-2)14-12-22(32)28-25-30-29-24(38-25)17-15-20(34-3)23(36-5)21(16-17)35-4/h8-11,15-16H,6-7,12-14H2,1-5H3,(H,27,33)(H,28,30,32). The molecule has 0 aliphatic rings. The van der Waals surface area contributed by atoms with E-state index in [2.05, 4.69) is 20.8 Å². The van der Waals surface area contributed by atoms with Crippen molar-refractivity contribution in [3.05, 3.63) is 36.4 Å². The van der Waals surface area contributed by atoms with Crippen LogP contribution in [0.4, 0.5) is 15.6 Å². The van der Waals surface area contributed by atoms with Crippen LogP contribution < -0.4 is 29.6 Å². The van der Waals surface area contributed by atoms with E-state index in [1.54, 1.807) is 29.2 Å². The molecule has 1 heterocycles. The maximum Gasteiger partial charge on any atom is 0.321 e. The van der Waals surface area contributed by atoms with Gasteiger partial charge in [0.1, 0.15) is 10.8 Å². The Morgan fingerprint density at radius 1 is 0.921 bits per heavy atom. The summed E-state index contributed by atoms with van der Waals surface area (Å²) in [6.07, 6.45) is 0.844. The molecule has 0 spiro atoms. The summed E-state index contributed by atoms with van der Waals surface area (Å²) in [7, 11) is 4.60. The Morgan fingerprint density at radius 3 is 2.26 bits per heavy atom. The van der Waals surface area contributed by atoms with Crippen molar-refractivity contribution < 1.29 is 28.5 Å². The molecule has 2 N–H and O–H groups in total. The van der Waals surface area contributed by atoms with Gasteiger partial charge < -0.3 is 34.5 Å². The van der Waals surface area contributed by atoms with Crippen molar-refractivity contribution in [3.8, 4) is 33.6 Å². The van der Waals surface area contributed by atoms with E-state index >= 15 is 0 Å². The van der Waals surface area contributed by atoms with Gasteiger partial charge >= 0.3 is 6.03 Å². The first-order chi connectivity index (χ1) is 18.4. The fourth-order valence-corrected chi connectivity index (χ4v) is 4.39. The molecule has 204 valence electrons. The van der Waals surface area contributed by atoms with Crippen molar-refractivity contribution in [2.45, 2.75) is 26.7 Å². The van der Waals surface area contributed by atoms with Gasteiger partial charge in [0.25, 0.3) is 0 Å². The zero-order chi connectivity index (χ0) is 27.5. The highest BCUT2D eigenvalue weighted by Crippen LogP contribution is 2.42. The van der Waals surface area contributed by atoms with E-state index in [0.29, 0.717) is 57.5 Å². The van der Waals surface area contributed by atoms with Crippen LogP contribution in [0.3, 0.4) is 0 Å². The van der Waals surface area contributed by atoms with E-state index in [-0.39, 0.29) is 24.9 Å². The molecule has 11 nitrogen and oxygen atoms in total. The molecule has 0 saturated heterocycles. The zero-order valence-electron chi connectivity index (χ0n) is 22.2. The van der Waals surface area contributed by atoms with Gasteiger partial charge in [-0.2, -0.15) is 0 Å². The number of aromatic nitrogens is 2. The fourth-order valence-electron chi connectivity index (χ4n) is 3.64. The number of methoxy groups -OCH3 is 3. The van der Waals surface area contributed by atoms with Gasteiger partial charge in [-0.05, 0) is 37.6 Å². The minimum absolute atomic E-state index is 0.0968. The number of anilines is 2. The highest BCUT2D eigenvalue weighted by atomic mass is 32.1. The Kier molecular flexibility index (Phi) is 10.5. The predicted octanol–water partition coefficient (Wildman–Crippen LogP) is 4.90. The normalized spacial score (nSPS) is 10.4. The molecular formula is C26H33N5O6S. The summed E-state index contributed by atoms with van der Waals surface area (Å²) >= 11 is 1.21. The summed E-state index contributed by atoms with van der Waals surface area (Å²) in [4.78, 5) is 27.2. The van der Waals surface area contributed by atoms with Crippen molar-refractivity contribution in [1.29, 1.82) is 0 Å². The minimum atomic E-state index is -0.299. The quantitative estimate of drug-likeness (QED) is 0.312. The lowest BCUT2D eigenvalue weighted by atomic mass is 10.2. The number of rotatable bonds is 13. The lowest BCUT2D eigenvalue weighted by Crippen LogP contribution is -2.37. The third-order valence-electron chi connectivity index (χ3n) is 5.40. The monoisotopic (exact) mass is 543 g/mol. The molecule has 3 aromatic rings. The Bertz CT molecular complexity index is 1210. The summed E-state index contributed by atoms with van der Waals surface area (Å²) in [6.45, 7) is 5.08. The van der Waals surface area contributed by atoms with Crippen LogP contribution in [0, 0.1) is 0 Å². The van der Waals surface area contributed by atoms with Crippen LogP contribution in [0.5, 0.6) is 23.0 Å². The highest BCUT2D eigenvalue weighted by molar-refractivity contribution is 7.18. The zero-order valence-corrected chi connectivity index (χ0v) is 23.0. The van der Waals surface area contributed by atoms with Crippen LogP contribution in [-0.2, 0) is 4.79 Å². The Hall–Kier alpha value is -4.06. The smallest absolute Gasteiger partial charge is 0.321 e. The number of benzene rings is 2. The minimum Gasteiger partial charge on any atom is -0.493 e. The van der Waals surface area contributed by atoms with Crippen molar-refractivity contribution in [1.82, 2.24) is 15.1 Å². The summed E-state index contributed by atoms with van der Waals surface area (Å²) < 4.78 is 21.7. The molecule has 3 amide bonds. The van der Waals surface area contributed by atoms with Crippen molar-refractivity contribution in [2.24, 2.45) is 0 Å². The molecular weight excluding hydrogens is 510 g/mol. The van der Waals surface area contributed by atoms with Gasteiger partial charge in [-0.25, -0.2) is 4.79 Å². The second kappa shape index (κ2) is 14.0. The van der Waals surface area contributed by atoms with Gasteiger partial charge in [0.05, 0.1) is 33.6 Å². The summed E-state index contributed by atoms with van der Waals surface area (Å²) in [5, 5.41) is 14.8. The Balaban J connectivity index is 1.63. The van der Waals surface area contributed by atoms with Gasteiger partial charge in [-0.1, -0.05) is 30.4 Å². The van der Waals surface area contributed by atoms with E-state index in [1.165, 1.54) is 32.7 Å². The van der Waals surface area contributed by atoms with E-state index in [1.807, 2.05) is 26.0 Å². The Morgan fingerprint density at radius 2 is 1.63 bits per heavy atom. The first-order valence-electron chi connectivity index (χ1n) is 12.1. The third kappa shape index (κ3) is 7.25. The Labute approximate surface area is 226 Å². The van der Waals surface area contributed by atoms with Gasteiger partial charge in [0.15, 0.2) is 11.5 Å². The van der Waals surface area contributed by atoms with E-state index in [4.69, 9.17) is 18.9 Å². The number of carbonyl (C=O) groups excluding carboxylic acids is 2. The molecule has 0 saturated carbocycles. The SMILES string of the molecule is CCCN(CCC(=O)Nc1nnc(-c2cc(OC)c(OC)c(OC)c2)s1)C(=O)Nc1ccccc1OCC. The average Bonchev–Trinajstić information content (AvgIpc) is 3.39. The molecule has 0 unspecified atom stereocenters. The number of ether oxygens (including phenoxy) is 4. The van der Waals surface area contributed by atoms with Crippen LogP contribution in [-0.4, -0.2) is 68.1 Å². The largest absolute Gasteiger partial charge is 0.493 e. The first kappa shape index (κ1) is 28.5. The van der Waals surface area contributed by atoms with Gasteiger partial charge in [0, 0.05) is 25.1 Å². The molecule has 0 aliphatic carbocycles. The summed E-state index contributed by atoms with van der Waals surface area (Å²) in [5.41, 5.74) is 1.29. The van der Waals surface area contributed by atoms with E-state index in [0.717, 1.165) is 6.42 Å². The highest BCUT2D eigenvalue weighted by Gasteiger charge is 2.19. The lowest BCUT2D eigenvalue weighted by molar-refractivity contribution is -0.116. The number of amides is 3. The number of hydrogen-bond donors (Lipinski definition) is 2. The molecule has 38 heavy (non-hydrogen) atoms. The fraction of sp³-hybridized carbons (Fsp3) is 0.385. The molecule has 12 heteroatoms. The van der Waals surface area contributed by atoms with Crippen LogP contribution in [0.2, 0.25) is 0 Å². The number of carbonyl (C=O) groups is 2. The number of para-hydroxylation sites is 2. The van der Waals surface area contributed by atoms with E-state index in [9.17, 15) is 9.59 Å². The summed E-state index contributed by atoms with van der Waals surface area (Å²) in [6, 6.07) is 10.5. The van der Waals surface area contributed by atoms with Gasteiger partial charge in [-0.3, -0.25) is 4.79 Å². The number of urea groups is 1. The van der Waals surface area contributed by atoms with Crippen LogP contribution in [0.25, 0.3) is 10.6 Å². The second-order valence-electron chi connectivity index (χ2n) is 7.97.